The molecule has 4 nitrogen and oxygen atoms in total. The van der Waals surface area contributed by atoms with Crippen LogP contribution in [0.15, 0.2) is 29.4 Å². The van der Waals surface area contributed by atoms with Gasteiger partial charge in [0.05, 0.1) is 13.2 Å². The smallest absolute Gasteiger partial charge is 0.410 e. The van der Waals surface area contributed by atoms with Gasteiger partial charge < -0.3 is 14.8 Å². The number of benzene rings is 1. The maximum atomic E-state index is 12.7. The minimum atomic E-state index is -4.68. The van der Waals surface area contributed by atoms with Crippen molar-refractivity contribution in [2.24, 2.45) is 5.16 Å². The first kappa shape index (κ1) is 13.7. The third kappa shape index (κ3) is 3.17. The summed E-state index contributed by atoms with van der Waals surface area (Å²) in [5, 5.41) is 10.9. The molecule has 1 aromatic carbocycles. The van der Waals surface area contributed by atoms with E-state index < -0.39 is 11.9 Å². The molecule has 0 spiro atoms. The van der Waals surface area contributed by atoms with Crippen LogP contribution >= 0.6 is 0 Å². The molecule has 0 bridgehead atoms. The Bertz CT molecular complexity index is 468. The van der Waals surface area contributed by atoms with Crippen molar-refractivity contribution in [1.29, 1.82) is 0 Å². The van der Waals surface area contributed by atoms with Crippen LogP contribution in [-0.4, -0.2) is 43.4 Å². The molecule has 0 saturated carbocycles. The number of alkyl halides is 3. The molecule has 0 amide bonds. The SMILES string of the molecule is O/N=C(\c1cccc(N2CCOCC2)c1)C(F)(F)F. The molecule has 1 N–H and O–H groups in total. The van der Waals surface area contributed by atoms with Gasteiger partial charge in [0.25, 0.3) is 0 Å². The van der Waals surface area contributed by atoms with Crippen LogP contribution in [0, 0.1) is 0 Å². The fourth-order valence-electron chi connectivity index (χ4n) is 1.95. The van der Waals surface area contributed by atoms with Crippen LogP contribution < -0.4 is 4.90 Å². The average molecular weight is 274 g/mol. The Kier molecular flexibility index (Phi) is 3.94. The molecule has 104 valence electrons. The van der Waals surface area contributed by atoms with E-state index >= 15 is 0 Å². The highest BCUT2D eigenvalue weighted by Crippen LogP contribution is 2.25. The van der Waals surface area contributed by atoms with E-state index in [4.69, 9.17) is 9.94 Å². The number of rotatable bonds is 2. The lowest BCUT2D eigenvalue weighted by Gasteiger charge is -2.29. The van der Waals surface area contributed by atoms with Crippen LogP contribution in [0.2, 0.25) is 0 Å². The standard InChI is InChI=1S/C12H13F3N2O2/c13-12(14,15)11(16-18)9-2-1-3-10(8-9)17-4-6-19-7-5-17/h1-3,8,18H,4-7H2/b16-11+. The van der Waals surface area contributed by atoms with Crippen molar-refractivity contribution in [1.82, 2.24) is 0 Å². The molecule has 1 heterocycles. The monoisotopic (exact) mass is 274 g/mol. The van der Waals surface area contributed by atoms with E-state index in [9.17, 15) is 13.2 Å². The lowest BCUT2D eigenvalue weighted by Crippen LogP contribution is -2.36. The topological polar surface area (TPSA) is 45.1 Å². The summed E-state index contributed by atoms with van der Waals surface area (Å²) in [6, 6.07) is 5.87. The van der Waals surface area contributed by atoms with Crippen LogP contribution in [-0.2, 0) is 4.74 Å². The van der Waals surface area contributed by atoms with Crippen LogP contribution in [0.3, 0.4) is 0 Å². The summed E-state index contributed by atoms with van der Waals surface area (Å²) >= 11 is 0. The number of ether oxygens (including phenoxy) is 1. The van der Waals surface area contributed by atoms with Crippen molar-refractivity contribution in [3.8, 4) is 0 Å². The van der Waals surface area contributed by atoms with Crippen LogP contribution in [0.1, 0.15) is 5.56 Å². The maximum Gasteiger partial charge on any atom is 0.437 e. The predicted octanol–water partition coefficient (Wildman–Crippen LogP) is 2.26. The highest BCUT2D eigenvalue weighted by Gasteiger charge is 2.37. The minimum absolute atomic E-state index is 0.154. The number of anilines is 1. The number of hydrogen-bond acceptors (Lipinski definition) is 4. The molecular formula is C12H13F3N2O2. The molecular weight excluding hydrogens is 261 g/mol. The number of oxime groups is 1. The van der Waals surface area contributed by atoms with Gasteiger partial charge >= 0.3 is 6.18 Å². The average Bonchev–Trinajstić information content (AvgIpc) is 2.39. The Balaban J connectivity index is 2.28. The molecule has 1 aromatic rings. The Labute approximate surface area is 108 Å². The van der Waals surface area contributed by atoms with E-state index in [1.54, 1.807) is 6.07 Å². The van der Waals surface area contributed by atoms with Gasteiger partial charge in [0, 0.05) is 24.3 Å². The number of hydrogen-bond donors (Lipinski definition) is 1. The molecule has 1 saturated heterocycles. The zero-order valence-electron chi connectivity index (χ0n) is 10.0. The van der Waals surface area contributed by atoms with Gasteiger partial charge in [-0.3, -0.25) is 0 Å². The molecule has 1 fully saturated rings. The number of nitrogens with zero attached hydrogens (tertiary/aromatic N) is 2. The van der Waals surface area contributed by atoms with Crippen molar-refractivity contribution >= 4 is 11.4 Å². The number of halogens is 3. The molecule has 1 aliphatic heterocycles. The van der Waals surface area contributed by atoms with Gasteiger partial charge in [-0.1, -0.05) is 17.3 Å². The fourth-order valence-corrected chi connectivity index (χ4v) is 1.95. The van der Waals surface area contributed by atoms with E-state index in [1.807, 2.05) is 4.90 Å². The van der Waals surface area contributed by atoms with Gasteiger partial charge in [-0.25, -0.2) is 0 Å². The van der Waals surface area contributed by atoms with E-state index in [2.05, 4.69) is 5.16 Å². The van der Waals surface area contributed by atoms with E-state index in [0.717, 1.165) is 0 Å². The van der Waals surface area contributed by atoms with Gasteiger partial charge in [-0.2, -0.15) is 13.2 Å². The summed E-state index contributed by atoms with van der Waals surface area (Å²) in [5.74, 6) is 0. The molecule has 7 heteroatoms. The van der Waals surface area contributed by atoms with Gasteiger partial charge in [0.15, 0.2) is 5.71 Å². The highest BCUT2D eigenvalue weighted by atomic mass is 19.4. The van der Waals surface area contributed by atoms with Crippen molar-refractivity contribution in [3.63, 3.8) is 0 Å². The minimum Gasteiger partial charge on any atom is -0.410 e. The van der Waals surface area contributed by atoms with Crippen molar-refractivity contribution < 1.29 is 23.1 Å². The molecule has 0 atom stereocenters. The Hall–Kier alpha value is -1.76. The molecule has 19 heavy (non-hydrogen) atoms. The Morgan fingerprint density at radius 1 is 1.26 bits per heavy atom. The normalized spacial score (nSPS) is 17.6. The van der Waals surface area contributed by atoms with Crippen LogP contribution in [0.25, 0.3) is 0 Å². The summed E-state index contributed by atoms with van der Waals surface area (Å²) in [7, 11) is 0. The van der Waals surface area contributed by atoms with E-state index in [-0.39, 0.29) is 5.56 Å². The Morgan fingerprint density at radius 2 is 1.95 bits per heavy atom. The first-order valence-corrected chi connectivity index (χ1v) is 5.75. The lowest BCUT2D eigenvalue weighted by atomic mass is 10.1. The van der Waals surface area contributed by atoms with Crippen molar-refractivity contribution in [2.75, 3.05) is 31.2 Å². The fraction of sp³-hybridized carbons (Fsp3) is 0.417. The predicted molar refractivity (Wildman–Crippen MR) is 63.9 cm³/mol. The van der Waals surface area contributed by atoms with Gasteiger partial charge in [-0.15, -0.1) is 0 Å². The maximum absolute atomic E-state index is 12.7. The second-order valence-electron chi connectivity index (χ2n) is 4.10. The van der Waals surface area contributed by atoms with Gasteiger partial charge in [0.2, 0.25) is 0 Å². The summed E-state index contributed by atoms with van der Waals surface area (Å²) < 4.78 is 43.2. The number of morpholine rings is 1. The lowest BCUT2D eigenvalue weighted by molar-refractivity contribution is -0.0601. The highest BCUT2D eigenvalue weighted by molar-refractivity contribution is 6.04. The molecule has 0 aromatic heterocycles. The quantitative estimate of drug-likeness (QED) is 0.511. The zero-order valence-corrected chi connectivity index (χ0v) is 10.0. The molecule has 2 rings (SSSR count). The summed E-state index contributed by atoms with van der Waals surface area (Å²) in [5.41, 5.74) is -0.784. The summed E-state index contributed by atoms with van der Waals surface area (Å²) in [6.07, 6.45) is -4.68. The van der Waals surface area contributed by atoms with Crippen LogP contribution in [0.5, 0.6) is 0 Å². The largest absolute Gasteiger partial charge is 0.437 e. The van der Waals surface area contributed by atoms with Crippen molar-refractivity contribution in [3.05, 3.63) is 29.8 Å². The first-order chi connectivity index (χ1) is 9.02. The summed E-state index contributed by atoms with van der Waals surface area (Å²) in [6.45, 7) is 2.34. The van der Waals surface area contributed by atoms with Gasteiger partial charge in [0.1, 0.15) is 0 Å². The van der Waals surface area contributed by atoms with Crippen molar-refractivity contribution in [2.45, 2.75) is 6.18 Å². The second-order valence-corrected chi connectivity index (χ2v) is 4.10. The third-order valence-corrected chi connectivity index (χ3v) is 2.86. The third-order valence-electron chi connectivity index (χ3n) is 2.86. The van der Waals surface area contributed by atoms with Crippen LogP contribution in [0.4, 0.5) is 18.9 Å². The Morgan fingerprint density at radius 3 is 2.53 bits per heavy atom. The zero-order chi connectivity index (χ0) is 13.9. The van der Waals surface area contributed by atoms with Gasteiger partial charge in [-0.05, 0) is 12.1 Å². The molecule has 0 unspecified atom stereocenters. The second kappa shape index (κ2) is 5.48. The molecule has 0 aliphatic carbocycles. The van der Waals surface area contributed by atoms with E-state index in [0.29, 0.717) is 32.0 Å². The summed E-state index contributed by atoms with van der Waals surface area (Å²) in [4.78, 5) is 1.93. The van der Waals surface area contributed by atoms with E-state index in [1.165, 1.54) is 18.2 Å². The first-order valence-electron chi connectivity index (χ1n) is 5.75. The molecule has 0 radical (unpaired) electrons. The molecule has 1 aliphatic rings.